The van der Waals surface area contributed by atoms with Crippen LogP contribution in [-0.2, 0) is 17.8 Å². The summed E-state index contributed by atoms with van der Waals surface area (Å²) in [7, 11) is 1.70. The number of rotatable bonds is 5. The number of carbonyl (C=O) groups is 1. The maximum atomic E-state index is 12.3. The SMILES string of the molecule is CCN(CC)C(=O)CN1CCCc2cc(OC)ccc2C1. The van der Waals surface area contributed by atoms with Gasteiger partial charge in [-0.3, -0.25) is 9.69 Å². The topological polar surface area (TPSA) is 32.8 Å². The molecule has 0 saturated carbocycles. The first-order valence-electron chi connectivity index (χ1n) is 7.83. The van der Waals surface area contributed by atoms with Crippen molar-refractivity contribution in [3.05, 3.63) is 29.3 Å². The number of benzene rings is 1. The fourth-order valence-corrected chi connectivity index (χ4v) is 2.93. The summed E-state index contributed by atoms with van der Waals surface area (Å²) < 4.78 is 5.30. The van der Waals surface area contributed by atoms with Gasteiger partial charge < -0.3 is 9.64 Å². The maximum absolute atomic E-state index is 12.3. The molecule has 1 aliphatic rings. The molecule has 0 N–H and O–H groups in total. The molecule has 1 amide bonds. The number of carbonyl (C=O) groups excluding carboxylic acids is 1. The number of nitrogens with zero attached hydrogens (tertiary/aromatic N) is 2. The van der Waals surface area contributed by atoms with Crippen molar-refractivity contribution < 1.29 is 9.53 Å². The molecule has 1 aliphatic heterocycles. The lowest BCUT2D eigenvalue weighted by Gasteiger charge is -2.25. The molecule has 0 fully saturated rings. The van der Waals surface area contributed by atoms with E-state index in [2.05, 4.69) is 17.0 Å². The van der Waals surface area contributed by atoms with Crippen molar-refractivity contribution in [2.75, 3.05) is 33.3 Å². The minimum absolute atomic E-state index is 0.233. The van der Waals surface area contributed by atoms with E-state index in [0.717, 1.165) is 44.8 Å². The number of hydrogen-bond acceptors (Lipinski definition) is 3. The lowest BCUT2D eigenvalue weighted by atomic mass is 10.0. The number of ether oxygens (including phenoxy) is 1. The summed E-state index contributed by atoms with van der Waals surface area (Å²) in [6.07, 6.45) is 2.15. The van der Waals surface area contributed by atoms with E-state index in [1.54, 1.807) is 7.11 Å². The van der Waals surface area contributed by atoms with Crippen LogP contribution in [0.4, 0.5) is 0 Å². The second-order valence-corrected chi connectivity index (χ2v) is 5.51. The van der Waals surface area contributed by atoms with Crippen molar-refractivity contribution in [3.63, 3.8) is 0 Å². The van der Waals surface area contributed by atoms with E-state index in [9.17, 15) is 4.79 Å². The molecule has 0 aliphatic carbocycles. The molecule has 1 aromatic carbocycles. The number of methoxy groups -OCH3 is 1. The molecule has 0 spiro atoms. The predicted molar refractivity (Wildman–Crippen MR) is 84.5 cm³/mol. The molecule has 4 nitrogen and oxygen atoms in total. The molecule has 4 heteroatoms. The molecule has 0 atom stereocenters. The standard InChI is InChI=1S/C17H26N2O2/c1-4-19(5-2)17(20)13-18-10-6-7-14-11-16(21-3)9-8-15(14)12-18/h8-9,11H,4-7,10,12-13H2,1-3H3. The Balaban J connectivity index is 2.05. The van der Waals surface area contributed by atoms with Gasteiger partial charge in [0.15, 0.2) is 0 Å². The van der Waals surface area contributed by atoms with Crippen LogP contribution in [0.1, 0.15) is 31.4 Å². The van der Waals surface area contributed by atoms with Crippen LogP contribution in [0.2, 0.25) is 0 Å². The van der Waals surface area contributed by atoms with E-state index in [4.69, 9.17) is 4.74 Å². The molecule has 2 rings (SSSR count). The van der Waals surface area contributed by atoms with Crippen molar-refractivity contribution in [1.29, 1.82) is 0 Å². The zero-order valence-corrected chi connectivity index (χ0v) is 13.4. The van der Waals surface area contributed by atoms with Crippen LogP contribution in [0.25, 0.3) is 0 Å². The summed E-state index contributed by atoms with van der Waals surface area (Å²) >= 11 is 0. The Bertz CT molecular complexity index is 484. The molecule has 0 aromatic heterocycles. The normalized spacial score (nSPS) is 15.2. The highest BCUT2D eigenvalue weighted by molar-refractivity contribution is 5.78. The summed E-state index contributed by atoms with van der Waals surface area (Å²) in [5.74, 6) is 1.15. The number of amides is 1. The van der Waals surface area contributed by atoms with E-state index < -0.39 is 0 Å². The van der Waals surface area contributed by atoms with Gasteiger partial charge in [0.2, 0.25) is 5.91 Å². The third kappa shape index (κ3) is 3.97. The molecule has 1 aromatic rings. The molecule has 116 valence electrons. The Hall–Kier alpha value is -1.55. The smallest absolute Gasteiger partial charge is 0.236 e. The second-order valence-electron chi connectivity index (χ2n) is 5.51. The average molecular weight is 290 g/mol. The number of aryl methyl sites for hydroxylation is 1. The van der Waals surface area contributed by atoms with E-state index in [0.29, 0.717) is 6.54 Å². The molecule has 21 heavy (non-hydrogen) atoms. The third-order valence-corrected chi connectivity index (χ3v) is 4.20. The second kappa shape index (κ2) is 7.46. The zero-order valence-electron chi connectivity index (χ0n) is 13.4. The van der Waals surface area contributed by atoms with Gasteiger partial charge in [0.1, 0.15) is 5.75 Å². The first kappa shape index (κ1) is 15.8. The Morgan fingerprint density at radius 3 is 2.71 bits per heavy atom. The van der Waals surface area contributed by atoms with Crippen LogP contribution in [0, 0.1) is 0 Å². The van der Waals surface area contributed by atoms with Crippen LogP contribution >= 0.6 is 0 Å². The average Bonchev–Trinajstić information content (AvgIpc) is 2.69. The Morgan fingerprint density at radius 1 is 1.29 bits per heavy atom. The Morgan fingerprint density at radius 2 is 2.05 bits per heavy atom. The van der Waals surface area contributed by atoms with Gasteiger partial charge in [-0.25, -0.2) is 0 Å². The van der Waals surface area contributed by atoms with E-state index in [-0.39, 0.29) is 5.91 Å². The van der Waals surface area contributed by atoms with Crippen LogP contribution < -0.4 is 4.74 Å². The van der Waals surface area contributed by atoms with Crippen LogP contribution in [0.15, 0.2) is 18.2 Å². The van der Waals surface area contributed by atoms with E-state index >= 15 is 0 Å². The predicted octanol–water partition coefficient (Wildman–Crippen LogP) is 2.31. The highest BCUT2D eigenvalue weighted by Gasteiger charge is 2.19. The molecular weight excluding hydrogens is 264 g/mol. The van der Waals surface area contributed by atoms with Crippen molar-refractivity contribution >= 4 is 5.91 Å². The fraction of sp³-hybridized carbons (Fsp3) is 0.588. The lowest BCUT2D eigenvalue weighted by Crippen LogP contribution is -2.40. The van der Waals surface area contributed by atoms with Crippen LogP contribution in [0.5, 0.6) is 5.75 Å². The first-order chi connectivity index (χ1) is 10.2. The Labute approximate surface area is 127 Å². The van der Waals surface area contributed by atoms with Gasteiger partial charge in [-0.05, 0) is 56.5 Å². The van der Waals surface area contributed by atoms with Gasteiger partial charge in [-0.2, -0.15) is 0 Å². The third-order valence-electron chi connectivity index (χ3n) is 4.20. The van der Waals surface area contributed by atoms with Gasteiger partial charge in [-0.1, -0.05) is 6.07 Å². The lowest BCUT2D eigenvalue weighted by molar-refractivity contribution is -0.132. The highest BCUT2D eigenvalue weighted by atomic mass is 16.5. The Kier molecular flexibility index (Phi) is 5.62. The fourth-order valence-electron chi connectivity index (χ4n) is 2.93. The molecule has 0 radical (unpaired) electrons. The number of fused-ring (bicyclic) bond motifs is 1. The largest absolute Gasteiger partial charge is 0.497 e. The minimum Gasteiger partial charge on any atom is -0.497 e. The number of hydrogen-bond donors (Lipinski definition) is 0. The van der Waals surface area contributed by atoms with Crippen molar-refractivity contribution in [2.45, 2.75) is 33.2 Å². The summed E-state index contributed by atoms with van der Waals surface area (Å²) in [5, 5.41) is 0. The summed E-state index contributed by atoms with van der Waals surface area (Å²) in [6, 6.07) is 6.27. The van der Waals surface area contributed by atoms with Crippen molar-refractivity contribution in [3.8, 4) is 5.75 Å². The minimum atomic E-state index is 0.233. The van der Waals surface area contributed by atoms with E-state index in [1.807, 2.05) is 24.8 Å². The quantitative estimate of drug-likeness (QED) is 0.834. The molecule has 0 bridgehead atoms. The molecular formula is C17H26N2O2. The summed E-state index contributed by atoms with van der Waals surface area (Å²) in [4.78, 5) is 16.4. The first-order valence-corrected chi connectivity index (χ1v) is 7.83. The summed E-state index contributed by atoms with van der Waals surface area (Å²) in [5.41, 5.74) is 2.67. The van der Waals surface area contributed by atoms with E-state index in [1.165, 1.54) is 11.1 Å². The molecule has 0 saturated heterocycles. The molecule has 1 heterocycles. The molecule has 0 unspecified atom stereocenters. The number of likely N-dealkylation sites (N-methyl/N-ethyl adjacent to an activating group) is 1. The highest BCUT2D eigenvalue weighted by Crippen LogP contribution is 2.23. The van der Waals surface area contributed by atoms with Gasteiger partial charge in [0.25, 0.3) is 0 Å². The zero-order chi connectivity index (χ0) is 15.2. The van der Waals surface area contributed by atoms with Crippen molar-refractivity contribution in [2.24, 2.45) is 0 Å². The maximum Gasteiger partial charge on any atom is 0.236 e. The van der Waals surface area contributed by atoms with Crippen LogP contribution in [-0.4, -0.2) is 49.0 Å². The monoisotopic (exact) mass is 290 g/mol. The summed E-state index contributed by atoms with van der Waals surface area (Å²) in [6.45, 7) is 7.99. The van der Waals surface area contributed by atoms with Gasteiger partial charge >= 0.3 is 0 Å². The van der Waals surface area contributed by atoms with Crippen molar-refractivity contribution in [1.82, 2.24) is 9.80 Å². The van der Waals surface area contributed by atoms with Gasteiger partial charge in [-0.15, -0.1) is 0 Å². The van der Waals surface area contributed by atoms with Gasteiger partial charge in [0.05, 0.1) is 13.7 Å². The van der Waals surface area contributed by atoms with Gasteiger partial charge in [0, 0.05) is 19.6 Å². The van der Waals surface area contributed by atoms with Crippen LogP contribution in [0.3, 0.4) is 0 Å².